The van der Waals surface area contributed by atoms with Gasteiger partial charge in [-0.2, -0.15) is 0 Å². The number of hydrogen-bond acceptors (Lipinski definition) is 6. The summed E-state index contributed by atoms with van der Waals surface area (Å²) in [5.41, 5.74) is -0.268. The Morgan fingerprint density at radius 2 is 2.04 bits per heavy atom. The van der Waals surface area contributed by atoms with Crippen molar-refractivity contribution in [1.29, 1.82) is 0 Å². The molecule has 2 heterocycles. The van der Waals surface area contributed by atoms with Crippen LogP contribution in [0, 0.1) is 0 Å². The highest BCUT2D eigenvalue weighted by molar-refractivity contribution is 5.97. The van der Waals surface area contributed by atoms with E-state index in [1.807, 2.05) is 0 Å². The molecule has 124 valence electrons. The first-order chi connectivity index (χ1) is 11.5. The first-order valence-corrected chi connectivity index (χ1v) is 7.14. The standard InChI is InChI=1S/C16H14N2O6/c1-9(24-16(21)11-3-2-6-17-15(11)20)14(19)18-10-4-5-12-13(7-10)23-8-22-12/h2-7,9H,8H2,1H3,(H,17,20)(H,18,19)/t9-/m0/s1. The van der Waals surface area contributed by atoms with Crippen LogP contribution in [0.3, 0.4) is 0 Å². The highest BCUT2D eigenvalue weighted by Crippen LogP contribution is 2.34. The molecule has 1 aliphatic rings. The number of carbonyl (C=O) groups is 2. The van der Waals surface area contributed by atoms with Gasteiger partial charge in [-0.1, -0.05) is 0 Å². The second kappa shape index (κ2) is 6.45. The maximum Gasteiger partial charge on any atom is 0.344 e. The molecule has 1 aromatic heterocycles. The van der Waals surface area contributed by atoms with Gasteiger partial charge >= 0.3 is 5.97 Å². The number of hydrogen-bond donors (Lipinski definition) is 2. The number of H-pyrrole nitrogens is 1. The number of benzene rings is 1. The van der Waals surface area contributed by atoms with E-state index in [0.29, 0.717) is 17.2 Å². The van der Waals surface area contributed by atoms with Crippen molar-refractivity contribution in [2.24, 2.45) is 0 Å². The summed E-state index contributed by atoms with van der Waals surface area (Å²) in [4.78, 5) is 37.9. The number of esters is 1. The summed E-state index contributed by atoms with van der Waals surface area (Å²) >= 11 is 0. The van der Waals surface area contributed by atoms with E-state index in [2.05, 4.69) is 10.3 Å². The number of amides is 1. The van der Waals surface area contributed by atoms with E-state index in [9.17, 15) is 14.4 Å². The molecule has 0 saturated carbocycles. The van der Waals surface area contributed by atoms with Crippen LogP contribution in [0.4, 0.5) is 5.69 Å². The van der Waals surface area contributed by atoms with Crippen LogP contribution in [0.15, 0.2) is 41.3 Å². The fraction of sp³-hybridized carbons (Fsp3) is 0.188. The van der Waals surface area contributed by atoms with E-state index in [1.54, 1.807) is 18.2 Å². The first kappa shape index (κ1) is 15.6. The number of pyridine rings is 1. The third-order valence-corrected chi connectivity index (χ3v) is 3.33. The molecule has 0 saturated heterocycles. The quantitative estimate of drug-likeness (QED) is 0.818. The summed E-state index contributed by atoms with van der Waals surface area (Å²) in [6.45, 7) is 1.55. The van der Waals surface area contributed by atoms with Gasteiger partial charge in [-0.3, -0.25) is 9.59 Å². The maximum atomic E-state index is 12.1. The van der Waals surface area contributed by atoms with Crippen molar-refractivity contribution < 1.29 is 23.8 Å². The van der Waals surface area contributed by atoms with E-state index in [4.69, 9.17) is 14.2 Å². The second-order valence-electron chi connectivity index (χ2n) is 5.02. The molecule has 0 fully saturated rings. The summed E-state index contributed by atoms with van der Waals surface area (Å²) in [5, 5.41) is 2.61. The van der Waals surface area contributed by atoms with E-state index in [1.165, 1.54) is 25.3 Å². The lowest BCUT2D eigenvalue weighted by Gasteiger charge is -2.13. The molecular weight excluding hydrogens is 316 g/mol. The fourth-order valence-electron chi connectivity index (χ4n) is 2.08. The average Bonchev–Trinajstić information content (AvgIpc) is 3.02. The zero-order chi connectivity index (χ0) is 17.1. The fourth-order valence-corrected chi connectivity index (χ4v) is 2.08. The van der Waals surface area contributed by atoms with Crippen LogP contribution in [-0.2, 0) is 9.53 Å². The molecule has 0 spiro atoms. The van der Waals surface area contributed by atoms with Crippen LogP contribution in [0.25, 0.3) is 0 Å². The van der Waals surface area contributed by atoms with Gasteiger partial charge in [0.25, 0.3) is 11.5 Å². The predicted octanol–water partition coefficient (Wildman–Crippen LogP) is 1.29. The van der Waals surface area contributed by atoms with Gasteiger partial charge in [0, 0.05) is 18.0 Å². The number of aromatic amines is 1. The van der Waals surface area contributed by atoms with Crippen molar-refractivity contribution in [3.8, 4) is 11.5 Å². The van der Waals surface area contributed by atoms with Gasteiger partial charge in [-0.05, 0) is 31.2 Å². The third-order valence-electron chi connectivity index (χ3n) is 3.33. The van der Waals surface area contributed by atoms with Gasteiger partial charge in [-0.25, -0.2) is 4.79 Å². The summed E-state index contributed by atoms with van der Waals surface area (Å²) < 4.78 is 15.4. The molecule has 1 aromatic carbocycles. The predicted molar refractivity (Wildman–Crippen MR) is 83.1 cm³/mol. The zero-order valence-corrected chi connectivity index (χ0v) is 12.7. The average molecular weight is 330 g/mol. The Bertz CT molecular complexity index is 844. The Morgan fingerprint density at radius 3 is 2.83 bits per heavy atom. The minimum absolute atomic E-state index is 0.131. The van der Waals surface area contributed by atoms with Crippen LogP contribution in [0.1, 0.15) is 17.3 Å². The lowest BCUT2D eigenvalue weighted by atomic mass is 10.2. The van der Waals surface area contributed by atoms with Crippen molar-refractivity contribution in [3.63, 3.8) is 0 Å². The van der Waals surface area contributed by atoms with Gasteiger partial charge in [0.05, 0.1) is 0 Å². The molecule has 1 amide bonds. The topological polar surface area (TPSA) is 107 Å². The lowest BCUT2D eigenvalue weighted by molar-refractivity contribution is -0.123. The summed E-state index contributed by atoms with van der Waals surface area (Å²) in [5.74, 6) is -0.288. The van der Waals surface area contributed by atoms with Crippen molar-refractivity contribution in [2.75, 3.05) is 12.1 Å². The lowest BCUT2D eigenvalue weighted by Crippen LogP contribution is -2.31. The number of rotatable bonds is 4. The Hall–Kier alpha value is -3.29. The molecule has 3 rings (SSSR count). The minimum atomic E-state index is -1.08. The number of ether oxygens (including phenoxy) is 3. The molecule has 0 aliphatic carbocycles. The highest BCUT2D eigenvalue weighted by atomic mass is 16.7. The molecular formula is C16H14N2O6. The van der Waals surface area contributed by atoms with Gasteiger partial charge in [0.1, 0.15) is 5.56 Å². The molecule has 2 aromatic rings. The summed E-state index contributed by atoms with van der Waals surface area (Å²) in [6, 6.07) is 7.73. The van der Waals surface area contributed by atoms with Gasteiger partial charge in [0.15, 0.2) is 17.6 Å². The van der Waals surface area contributed by atoms with Crippen LogP contribution in [-0.4, -0.2) is 29.8 Å². The van der Waals surface area contributed by atoms with Crippen molar-refractivity contribution >= 4 is 17.6 Å². The van der Waals surface area contributed by atoms with Gasteiger partial charge in [0.2, 0.25) is 6.79 Å². The Balaban J connectivity index is 1.64. The van der Waals surface area contributed by atoms with Crippen molar-refractivity contribution in [2.45, 2.75) is 13.0 Å². The second-order valence-corrected chi connectivity index (χ2v) is 5.02. The molecule has 24 heavy (non-hydrogen) atoms. The van der Waals surface area contributed by atoms with E-state index >= 15 is 0 Å². The monoisotopic (exact) mass is 330 g/mol. The Kier molecular flexibility index (Phi) is 4.19. The van der Waals surface area contributed by atoms with E-state index in [-0.39, 0.29) is 12.4 Å². The molecule has 0 radical (unpaired) electrons. The summed E-state index contributed by atoms with van der Waals surface area (Å²) in [6.07, 6.45) is 0.317. The van der Waals surface area contributed by atoms with E-state index in [0.717, 1.165) is 0 Å². The molecule has 1 atom stereocenters. The van der Waals surface area contributed by atoms with Crippen molar-refractivity contribution in [3.05, 3.63) is 52.4 Å². The van der Waals surface area contributed by atoms with Gasteiger partial charge in [-0.15, -0.1) is 0 Å². The molecule has 8 heteroatoms. The van der Waals surface area contributed by atoms with Crippen molar-refractivity contribution in [1.82, 2.24) is 4.98 Å². The Labute approximate surface area is 136 Å². The molecule has 8 nitrogen and oxygen atoms in total. The van der Waals surface area contributed by atoms with Crippen LogP contribution in [0.2, 0.25) is 0 Å². The SMILES string of the molecule is C[C@H](OC(=O)c1ccc[nH]c1=O)C(=O)Nc1ccc2c(c1)OCO2. The molecule has 0 unspecified atom stereocenters. The first-order valence-electron chi connectivity index (χ1n) is 7.14. The minimum Gasteiger partial charge on any atom is -0.454 e. The number of fused-ring (bicyclic) bond motifs is 1. The van der Waals surface area contributed by atoms with Crippen LogP contribution >= 0.6 is 0 Å². The Morgan fingerprint density at radius 1 is 1.25 bits per heavy atom. The van der Waals surface area contributed by atoms with Crippen LogP contribution < -0.4 is 20.3 Å². The van der Waals surface area contributed by atoms with Crippen LogP contribution in [0.5, 0.6) is 11.5 Å². The molecule has 2 N–H and O–H groups in total. The normalized spacial score (nSPS) is 13.2. The number of nitrogens with one attached hydrogen (secondary N) is 2. The van der Waals surface area contributed by atoms with Gasteiger partial charge < -0.3 is 24.5 Å². The number of aromatic nitrogens is 1. The molecule has 1 aliphatic heterocycles. The third kappa shape index (κ3) is 3.22. The maximum absolute atomic E-state index is 12.1. The molecule has 0 bridgehead atoms. The number of carbonyl (C=O) groups excluding carboxylic acids is 2. The van der Waals surface area contributed by atoms with E-state index < -0.39 is 23.5 Å². The smallest absolute Gasteiger partial charge is 0.344 e. The summed E-state index contributed by atoms with van der Waals surface area (Å²) in [7, 11) is 0. The number of anilines is 1. The zero-order valence-electron chi connectivity index (χ0n) is 12.7. The largest absolute Gasteiger partial charge is 0.454 e. The highest BCUT2D eigenvalue weighted by Gasteiger charge is 2.21.